The lowest BCUT2D eigenvalue weighted by Crippen LogP contribution is -2.22. The van der Waals surface area contributed by atoms with Gasteiger partial charge in [0.1, 0.15) is 17.6 Å². The highest BCUT2D eigenvalue weighted by molar-refractivity contribution is 5.85. The molecule has 0 saturated carbocycles. The van der Waals surface area contributed by atoms with Crippen LogP contribution in [0.4, 0.5) is 10.2 Å². The molecule has 0 spiro atoms. The average Bonchev–Trinajstić information content (AvgIpc) is 3.57. The largest absolute Gasteiger partial charge is 0.492 e. The summed E-state index contributed by atoms with van der Waals surface area (Å²) in [6.07, 6.45) is 9.34. The molecule has 1 atom stereocenters. The van der Waals surface area contributed by atoms with Crippen LogP contribution in [0.3, 0.4) is 0 Å². The van der Waals surface area contributed by atoms with Gasteiger partial charge in [0, 0.05) is 30.6 Å². The smallest absolute Gasteiger partial charge is 0.161 e. The van der Waals surface area contributed by atoms with E-state index in [4.69, 9.17) is 9.72 Å². The maximum atomic E-state index is 13.3. The van der Waals surface area contributed by atoms with Gasteiger partial charge in [-0.3, -0.25) is 0 Å². The SMILES string of the molecule is CC(C)COc1cc(-c2ccc(N(C)[C@@H](C)c3ccc(-n4cc(F)cn4)nc3)nc2)c2c(C#N)cnn2c1. The number of ether oxygens (including phenoxy) is 1. The van der Waals surface area contributed by atoms with E-state index in [0.29, 0.717) is 35.2 Å². The van der Waals surface area contributed by atoms with Crippen molar-refractivity contribution in [2.75, 3.05) is 18.6 Å². The Balaban J connectivity index is 1.40. The number of aromatic nitrogens is 6. The molecule has 0 aromatic carbocycles. The number of nitriles is 1. The van der Waals surface area contributed by atoms with Crippen LogP contribution in [0.25, 0.3) is 22.5 Å². The Labute approximate surface area is 219 Å². The molecule has 0 saturated heterocycles. The van der Waals surface area contributed by atoms with Crippen molar-refractivity contribution < 1.29 is 9.13 Å². The number of anilines is 1. The van der Waals surface area contributed by atoms with Gasteiger partial charge >= 0.3 is 0 Å². The fraction of sp³-hybridized carbons (Fsp3) is 0.250. The van der Waals surface area contributed by atoms with E-state index in [0.717, 1.165) is 28.7 Å². The van der Waals surface area contributed by atoms with Gasteiger partial charge in [-0.1, -0.05) is 19.9 Å². The normalized spacial score (nSPS) is 12.0. The fourth-order valence-corrected chi connectivity index (χ4v) is 4.12. The summed E-state index contributed by atoms with van der Waals surface area (Å²) >= 11 is 0. The van der Waals surface area contributed by atoms with Crippen molar-refractivity contribution in [1.82, 2.24) is 29.4 Å². The number of hydrogen-bond acceptors (Lipinski definition) is 7. The Bertz CT molecular complexity index is 1600. The highest BCUT2D eigenvalue weighted by Gasteiger charge is 2.17. The van der Waals surface area contributed by atoms with E-state index in [2.05, 4.69) is 42.0 Å². The summed E-state index contributed by atoms with van der Waals surface area (Å²) < 4.78 is 22.3. The highest BCUT2D eigenvalue weighted by Crippen LogP contribution is 2.32. The predicted octanol–water partition coefficient (Wildman–Crippen LogP) is 5.22. The van der Waals surface area contributed by atoms with Crippen molar-refractivity contribution in [3.63, 3.8) is 0 Å². The van der Waals surface area contributed by atoms with Crippen LogP contribution in [0.15, 0.2) is 67.5 Å². The predicted molar refractivity (Wildman–Crippen MR) is 142 cm³/mol. The Morgan fingerprint density at radius 3 is 2.50 bits per heavy atom. The van der Waals surface area contributed by atoms with Gasteiger partial charge in [-0.2, -0.15) is 15.5 Å². The van der Waals surface area contributed by atoms with Gasteiger partial charge in [-0.05, 0) is 42.7 Å². The van der Waals surface area contributed by atoms with Gasteiger partial charge < -0.3 is 9.64 Å². The topological polar surface area (TPSA) is 97.2 Å². The van der Waals surface area contributed by atoms with Crippen LogP contribution >= 0.6 is 0 Å². The van der Waals surface area contributed by atoms with Gasteiger partial charge in [0.15, 0.2) is 11.6 Å². The molecule has 0 N–H and O–H groups in total. The van der Waals surface area contributed by atoms with Crippen LogP contribution in [0.5, 0.6) is 5.75 Å². The summed E-state index contributed by atoms with van der Waals surface area (Å²) in [7, 11) is 1.97. The van der Waals surface area contributed by atoms with E-state index in [-0.39, 0.29) is 6.04 Å². The van der Waals surface area contributed by atoms with E-state index in [9.17, 15) is 9.65 Å². The zero-order chi connectivity index (χ0) is 26.8. The molecule has 0 bridgehead atoms. The number of fused-ring (bicyclic) bond motifs is 1. The van der Waals surface area contributed by atoms with Gasteiger partial charge in [0.05, 0.1) is 48.5 Å². The summed E-state index contributed by atoms with van der Waals surface area (Å²) in [5, 5.41) is 17.9. The third-order valence-electron chi connectivity index (χ3n) is 6.33. The first-order valence-corrected chi connectivity index (χ1v) is 12.2. The van der Waals surface area contributed by atoms with Crippen LogP contribution in [-0.4, -0.2) is 43.0 Å². The van der Waals surface area contributed by atoms with Crippen molar-refractivity contribution in [2.45, 2.75) is 26.8 Å². The molecule has 5 aromatic rings. The first-order chi connectivity index (χ1) is 18.3. The number of nitrogens with zero attached hydrogens (tertiary/aromatic N) is 8. The van der Waals surface area contributed by atoms with Gasteiger partial charge in [0.2, 0.25) is 0 Å². The maximum Gasteiger partial charge on any atom is 0.161 e. The molecule has 0 aliphatic rings. The summed E-state index contributed by atoms with van der Waals surface area (Å²) in [5.74, 6) is 1.96. The summed E-state index contributed by atoms with van der Waals surface area (Å²) in [4.78, 5) is 11.2. The van der Waals surface area contributed by atoms with Crippen LogP contribution in [0, 0.1) is 23.1 Å². The molecule has 38 heavy (non-hydrogen) atoms. The second-order valence-electron chi connectivity index (χ2n) is 9.50. The Hall–Kier alpha value is -4.78. The second kappa shape index (κ2) is 10.3. The molecular weight excluding hydrogens is 483 g/mol. The van der Waals surface area contributed by atoms with Gasteiger partial charge in [-0.15, -0.1) is 0 Å². The molecule has 0 radical (unpaired) electrons. The Kier molecular flexibility index (Phi) is 6.75. The van der Waals surface area contributed by atoms with Crippen LogP contribution in [0.1, 0.15) is 37.9 Å². The number of hydrogen-bond donors (Lipinski definition) is 0. The second-order valence-corrected chi connectivity index (χ2v) is 9.50. The average molecular weight is 511 g/mol. The lowest BCUT2D eigenvalue weighted by molar-refractivity contribution is 0.270. The van der Waals surface area contributed by atoms with Crippen molar-refractivity contribution in [1.29, 1.82) is 5.26 Å². The lowest BCUT2D eigenvalue weighted by Gasteiger charge is -2.26. The third kappa shape index (κ3) is 4.91. The number of halogens is 1. The van der Waals surface area contributed by atoms with Crippen molar-refractivity contribution >= 4 is 11.3 Å². The zero-order valence-electron chi connectivity index (χ0n) is 21.6. The van der Waals surface area contributed by atoms with E-state index < -0.39 is 5.82 Å². The standard InChI is InChI=1S/C28H27FN8O/c1-18(2)17-38-24-9-25(28-22(10-30)13-33-37(28)16-24)21-6-7-26(31-12-21)35(4)19(3)20-5-8-27(32-11-20)36-15-23(29)14-34-36/h5-9,11-16,18-19H,17H2,1-4H3/t19-/m0/s1. The summed E-state index contributed by atoms with van der Waals surface area (Å²) in [6, 6.07) is 11.8. The summed E-state index contributed by atoms with van der Waals surface area (Å²) in [5.41, 5.74) is 3.85. The van der Waals surface area contributed by atoms with Crippen LogP contribution in [-0.2, 0) is 0 Å². The van der Waals surface area contributed by atoms with Gasteiger partial charge in [0.25, 0.3) is 0 Å². The van der Waals surface area contributed by atoms with E-state index >= 15 is 0 Å². The van der Waals surface area contributed by atoms with Crippen molar-refractivity contribution in [2.24, 2.45) is 5.92 Å². The Morgan fingerprint density at radius 2 is 1.87 bits per heavy atom. The molecule has 5 aromatic heterocycles. The molecule has 5 heterocycles. The summed E-state index contributed by atoms with van der Waals surface area (Å²) in [6.45, 7) is 6.81. The molecule has 0 aliphatic heterocycles. The molecule has 0 fully saturated rings. The molecule has 0 amide bonds. The number of pyridine rings is 3. The van der Waals surface area contributed by atoms with Crippen LogP contribution < -0.4 is 9.64 Å². The minimum absolute atomic E-state index is 0.0243. The van der Waals surface area contributed by atoms with Gasteiger partial charge in [-0.25, -0.2) is 23.6 Å². The molecule has 10 heteroatoms. The maximum absolute atomic E-state index is 13.3. The zero-order valence-corrected chi connectivity index (χ0v) is 21.6. The quantitative estimate of drug-likeness (QED) is 0.282. The van der Waals surface area contributed by atoms with E-state index in [1.54, 1.807) is 35.4 Å². The van der Waals surface area contributed by atoms with E-state index in [1.807, 2.05) is 36.2 Å². The van der Waals surface area contributed by atoms with Crippen molar-refractivity contribution in [3.05, 3.63) is 84.5 Å². The Morgan fingerprint density at radius 1 is 1.03 bits per heavy atom. The fourth-order valence-electron chi connectivity index (χ4n) is 4.12. The minimum Gasteiger partial charge on any atom is -0.492 e. The first kappa shape index (κ1) is 24.9. The van der Waals surface area contributed by atoms with Crippen molar-refractivity contribution in [3.8, 4) is 28.8 Å². The number of rotatable bonds is 8. The molecule has 0 unspecified atom stereocenters. The monoisotopic (exact) mass is 510 g/mol. The van der Waals surface area contributed by atoms with Crippen LogP contribution in [0.2, 0.25) is 0 Å². The molecule has 0 aliphatic carbocycles. The minimum atomic E-state index is -0.411. The molecular formula is C28H27FN8O. The molecule has 5 rings (SSSR count). The molecule has 192 valence electrons. The lowest BCUT2D eigenvalue weighted by atomic mass is 10.0. The first-order valence-electron chi connectivity index (χ1n) is 12.2. The molecule has 9 nitrogen and oxygen atoms in total. The third-order valence-corrected chi connectivity index (χ3v) is 6.33. The highest BCUT2D eigenvalue weighted by atomic mass is 19.1. The van der Waals surface area contributed by atoms with E-state index in [1.165, 1.54) is 10.9 Å².